The van der Waals surface area contributed by atoms with Crippen molar-refractivity contribution in [1.29, 1.82) is 0 Å². The first-order valence-electron chi connectivity index (χ1n) is 8.79. The summed E-state index contributed by atoms with van der Waals surface area (Å²) in [5, 5.41) is 7.21. The number of rotatable bonds is 3. The van der Waals surface area contributed by atoms with Crippen LogP contribution in [0.3, 0.4) is 0 Å². The fraction of sp³-hybridized carbons (Fsp3) is 0.211. The van der Waals surface area contributed by atoms with E-state index in [0.717, 1.165) is 59.5 Å². The highest BCUT2D eigenvalue weighted by molar-refractivity contribution is 7.14. The molecule has 6 nitrogen and oxygen atoms in total. The number of piperazine rings is 1. The van der Waals surface area contributed by atoms with Gasteiger partial charge >= 0.3 is 0 Å². The second kappa shape index (κ2) is 9.28. The van der Waals surface area contributed by atoms with E-state index in [2.05, 4.69) is 25.1 Å². The monoisotopic (exact) mass is 468 g/mol. The van der Waals surface area contributed by atoms with E-state index in [-0.39, 0.29) is 24.8 Å². The molecular weight excluding hydrogens is 451 g/mol. The van der Waals surface area contributed by atoms with Gasteiger partial charge in [-0.2, -0.15) is 0 Å². The molecule has 0 amide bonds. The van der Waals surface area contributed by atoms with Gasteiger partial charge in [-0.1, -0.05) is 11.6 Å². The molecule has 4 aromatic rings. The Morgan fingerprint density at radius 3 is 2.52 bits per heavy atom. The molecule has 10 heteroatoms. The fourth-order valence-electron chi connectivity index (χ4n) is 3.32. The molecule has 3 aromatic heterocycles. The minimum atomic E-state index is 0. The second-order valence-corrected chi connectivity index (χ2v) is 7.64. The van der Waals surface area contributed by atoms with Crippen molar-refractivity contribution in [3.05, 3.63) is 53.1 Å². The van der Waals surface area contributed by atoms with E-state index in [4.69, 9.17) is 21.6 Å². The molecule has 0 spiro atoms. The SMILES string of the molecule is Cl.Cl.Clc1ccc(-n2c(-c3csc(N4CCNCC4)n3)nc3ccncc32)cc1. The number of pyridine rings is 1. The number of nitrogens with zero attached hydrogens (tertiary/aromatic N) is 5. The molecule has 0 atom stereocenters. The molecule has 1 N–H and O–H groups in total. The number of hydrogen-bond acceptors (Lipinski definition) is 6. The Hall–Kier alpha value is -1.90. The summed E-state index contributed by atoms with van der Waals surface area (Å²) < 4.78 is 2.09. The van der Waals surface area contributed by atoms with E-state index >= 15 is 0 Å². The molecule has 0 radical (unpaired) electrons. The molecule has 0 aliphatic carbocycles. The highest BCUT2D eigenvalue weighted by Gasteiger charge is 2.19. The molecule has 0 unspecified atom stereocenters. The van der Waals surface area contributed by atoms with E-state index < -0.39 is 0 Å². The molecule has 5 rings (SSSR count). The van der Waals surface area contributed by atoms with Crippen LogP contribution >= 0.6 is 47.8 Å². The van der Waals surface area contributed by atoms with Crippen molar-refractivity contribution in [3.8, 4) is 17.2 Å². The highest BCUT2D eigenvalue weighted by Crippen LogP contribution is 2.32. The molecule has 0 bridgehead atoms. The normalized spacial score (nSPS) is 13.8. The summed E-state index contributed by atoms with van der Waals surface area (Å²) in [5.74, 6) is 0.818. The summed E-state index contributed by atoms with van der Waals surface area (Å²) in [6.45, 7) is 3.93. The number of aromatic nitrogens is 4. The third kappa shape index (κ3) is 4.20. The lowest BCUT2D eigenvalue weighted by molar-refractivity contribution is 0.588. The zero-order valence-electron chi connectivity index (χ0n) is 15.3. The lowest BCUT2D eigenvalue weighted by atomic mass is 10.3. The molecule has 1 fully saturated rings. The van der Waals surface area contributed by atoms with Gasteiger partial charge < -0.3 is 10.2 Å². The van der Waals surface area contributed by atoms with Gasteiger partial charge in [-0.15, -0.1) is 36.2 Å². The largest absolute Gasteiger partial charge is 0.346 e. The Kier molecular flexibility index (Phi) is 6.97. The van der Waals surface area contributed by atoms with Crippen molar-refractivity contribution in [2.45, 2.75) is 0 Å². The summed E-state index contributed by atoms with van der Waals surface area (Å²) in [6, 6.07) is 9.67. The summed E-state index contributed by atoms with van der Waals surface area (Å²) in [7, 11) is 0. The Labute approximate surface area is 189 Å². The summed E-state index contributed by atoms with van der Waals surface area (Å²) >= 11 is 7.74. The van der Waals surface area contributed by atoms with Crippen molar-refractivity contribution in [2.24, 2.45) is 0 Å². The first-order valence-corrected chi connectivity index (χ1v) is 10.1. The fourth-order valence-corrected chi connectivity index (χ4v) is 4.30. The first-order chi connectivity index (χ1) is 13.3. The van der Waals surface area contributed by atoms with Crippen molar-refractivity contribution in [3.63, 3.8) is 0 Å². The third-order valence-electron chi connectivity index (χ3n) is 4.65. The van der Waals surface area contributed by atoms with Gasteiger partial charge in [0.2, 0.25) is 0 Å². The van der Waals surface area contributed by atoms with Crippen molar-refractivity contribution in [2.75, 3.05) is 31.1 Å². The Bertz CT molecular complexity index is 1090. The lowest BCUT2D eigenvalue weighted by Gasteiger charge is -2.26. The number of fused-ring (bicyclic) bond motifs is 1. The molecule has 1 aromatic carbocycles. The van der Waals surface area contributed by atoms with Crippen LogP contribution in [-0.2, 0) is 0 Å². The van der Waals surface area contributed by atoms with E-state index in [1.165, 1.54) is 0 Å². The molecule has 29 heavy (non-hydrogen) atoms. The zero-order chi connectivity index (χ0) is 18.2. The van der Waals surface area contributed by atoms with Crippen LogP contribution in [0.25, 0.3) is 28.2 Å². The van der Waals surface area contributed by atoms with Crippen LogP contribution in [0.2, 0.25) is 5.02 Å². The third-order valence-corrected chi connectivity index (χ3v) is 5.80. The van der Waals surface area contributed by atoms with E-state index in [1.807, 2.05) is 36.5 Å². The minimum Gasteiger partial charge on any atom is -0.346 e. The Morgan fingerprint density at radius 2 is 1.76 bits per heavy atom. The van der Waals surface area contributed by atoms with Crippen LogP contribution < -0.4 is 10.2 Å². The van der Waals surface area contributed by atoms with Gasteiger partial charge in [0.1, 0.15) is 5.69 Å². The maximum atomic E-state index is 6.08. The number of halogens is 3. The van der Waals surface area contributed by atoms with Gasteiger partial charge in [0.25, 0.3) is 0 Å². The van der Waals surface area contributed by atoms with Crippen LogP contribution in [0.5, 0.6) is 0 Å². The van der Waals surface area contributed by atoms with Gasteiger partial charge in [-0.05, 0) is 30.3 Å². The number of hydrogen-bond donors (Lipinski definition) is 1. The highest BCUT2D eigenvalue weighted by atomic mass is 35.5. The average Bonchev–Trinajstić information content (AvgIpc) is 3.34. The van der Waals surface area contributed by atoms with Gasteiger partial charge in [0.15, 0.2) is 11.0 Å². The lowest BCUT2D eigenvalue weighted by Crippen LogP contribution is -2.43. The van der Waals surface area contributed by atoms with Gasteiger partial charge in [-0.25, -0.2) is 9.97 Å². The van der Waals surface area contributed by atoms with Gasteiger partial charge in [-0.3, -0.25) is 9.55 Å². The van der Waals surface area contributed by atoms with E-state index in [9.17, 15) is 0 Å². The molecular formula is C19H19Cl3N6S. The number of thiazole rings is 1. The first kappa shape index (κ1) is 21.8. The number of benzene rings is 1. The van der Waals surface area contributed by atoms with Crippen LogP contribution in [0.1, 0.15) is 0 Å². The predicted octanol–water partition coefficient (Wildman–Crippen LogP) is 4.45. The minimum absolute atomic E-state index is 0. The van der Waals surface area contributed by atoms with Crippen molar-refractivity contribution < 1.29 is 0 Å². The molecule has 1 aliphatic heterocycles. The Balaban J connectivity index is 0.00000120. The van der Waals surface area contributed by atoms with Crippen LogP contribution in [0.4, 0.5) is 5.13 Å². The second-order valence-electron chi connectivity index (χ2n) is 6.36. The number of anilines is 1. The Morgan fingerprint density at radius 1 is 1.00 bits per heavy atom. The zero-order valence-corrected chi connectivity index (χ0v) is 18.5. The van der Waals surface area contributed by atoms with Crippen molar-refractivity contribution >= 4 is 63.9 Å². The molecule has 1 saturated heterocycles. The summed E-state index contributed by atoms with van der Waals surface area (Å²) in [6.07, 6.45) is 3.60. The van der Waals surface area contributed by atoms with E-state index in [1.54, 1.807) is 17.5 Å². The molecule has 0 saturated carbocycles. The molecule has 1 aliphatic rings. The molecule has 152 valence electrons. The van der Waals surface area contributed by atoms with Gasteiger partial charge in [0, 0.05) is 48.5 Å². The van der Waals surface area contributed by atoms with E-state index in [0.29, 0.717) is 5.02 Å². The van der Waals surface area contributed by atoms with Crippen LogP contribution in [0, 0.1) is 0 Å². The predicted molar refractivity (Wildman–Crippen MR) is 125 cm³/mol. The average molecular weight is 470 g/mol. The number of nitrogens with one attached hydrogen (secondary N) is 1. The van der Waals surface area contributed by atoms with Crippen LogP contribution in [-0.4, -0.2) is 45.7 Å². The smallest absolute Gasteiger partial charge is 0.186 e. The van der Waals surface area contributed by atoms with Crippen molar-refractivity contribution in [1.82, 2.24) is 24.8 Å². The maximum absolute atomic E-state index is 6.08. The maximum Gasteiger partial charge on any atom is 0.186 e. The molecule has 4 heterocycles. The van der Waals surface area contributed by atoms with Gasteiger partial charge in [0.05, 0.1) is 17.2 Å². The number of imidazole rings is 1. The topological polar surface area (TPSA) is 58.9 Å². The van der Waals surface area contributed by atoms with Crippen LogP contribution in [0.15, 0.2) is 48.1 Å². The summed E-state index contributed by atoms with van der Waals surface area (Å²) in [4.78, 5) is 16.3. The summed E-state index contributed by atoms with van der Waals surface area (Å²) in [5.41, 5.74) is 3.71. The quantitative estimate of drug-likeness (QED) is 0.480. The standard InChI is InChI=1S/C19H17ClN6S.2ClH/c20-13-1-3-14(4-2-13)26-17-11-22-6-5-15(17)23-18(26)16-12-27-19(24-16)25-9-7-21-8-10-25;;/h1-6,11-12,21H,7-10H2;2*1H.